The molecule has 0 bridgehead atoms. The predicted octanol–water partition coefficient (Wildman–Crippen LogP) is 6.47. The van der Waals surface area contributed by atoms with Gasteiger partial charge in [-0.25, -0.2) is 14.2 Å². The minimum Gasteiger partial charge on any atom is -0.299 e. The van der Waals surface area contributed by atoms with E-state index in [1.807, 2.05) is 0 Å². The first kappa shape index (κ1) is 23.7. The highest BCUT2D eigenvalue weighted by Crippen LogP contribution is 2.36. The molecule has 0 spiro atoms. The van der Waals surface area contributed by atoms with Crippen LogP contribution < -0.4 is 4.72 Å². The van der Waals surface area contributed by atoms with Gasteiger partial charge in [0.1, 0.15) is 21.8 Å². The number of nitrogens with zero attached hydrogens (tertiary/aromatic N) is 2. The molecule has 13 heteroatoms. The predicted molar refractivity (Wildman–Crippen MR) is 113 cm³/mol. The van der Waals surface area contributed by atoms with Gasteiger partial charge < -0.3 is 0 Å². The van der Waals surface area contributed by atoms with Gasteiger partial charge in [-0.3, -0.25) is 9.52 Å². The molecule has 0 amide bonds. The quantitative estimate of drug-likeness (QED) is 0.304. The average Bonchev–Trinajstić information content (AvgIpc) is 2.69. The SMILES string of the molecule is O=C(c1ccnc(Cl)c1Cl)c1ncc(Cl)cc1NS(=O)c1ccc(Cl)c(C(F)(F)F)c1. The normalized spacial score (nSPS) is 12.5. The maximum atomic E-state index is 13.1. The number of pyridine rings is 2. The molecule has 1 aromatic carbocycles. The first-order chi connectivity index (χ1) is 14.5. The Kier molecular flexibility index (Phi) is 7.12. The summed E-state index contributed by atoms with van der Waals surface area (Å²) in [7, 11) is -2.22. The molecule has 1 atom stereocenters. The number of hydrogen-bond donors (Lipinski definition) is 1. The van der Waals surface area contributed by atoms with Crippen LogP contribution in [-0.4, -0.2) is 20.0 Å². The van der Waals surface area contributed by atoms with E-state index in [9.17, 15) is 22.2 Å². The van der Waals surface area contributed by atoms with E-state index < -0.39 is 33.5 Å². The van der Waals surface area contributed by atoms with Crippen LogP contribution in [0.1, 0.15) is 21.6 Å². The van der Waals surface area contributed by atoms with Crippen molar-refractivity contribution in [2.75, 3.05) is 4.72 Å². The molecule has 0 aliphatic rings. The zero-order valence-corrected chi connectivity index (χ0v) is 18.6. The van der Waals surface area contributed by atoms with Crippen molar-refractivity contribution in [3.63, 3.8) is 0 Å². The molecule has 1 N–H and O–H groups in total. The molecular formula is C18H8Cl4F3N3O2S. The zero-order chi connectivity index (χ0) is 22.9. The highest BCUT2D eigenvalue weighted by Gasteiger charge is 2.34. The molecule has 0 fully saturated rings. The van der Waals surface area contributed by atoms with Crippen molar-refractivity contribution >= 4 is 68.9 Å². The van der Waals surface area contributed by atoms with E-state index >= 15 is 0 Å². The van der Waals surface area contributed by atoms with Gasteiger partial charge in [0.15, 0.2) is 0 Å². The van der Waals surface area contributed by atoms with Gasteiger partial charge in [-0.05, 0) is 30.3 Å². The van der Waals surface area contributed by atoms with Gasteiger partial charge in [-0.1, -0.05) is 46.4 Å². The van der Waals surface area contributed by atoms with Crippen molar-refractivity contribution in [3.05, 3.63) is 79.8 Å². The number of rotatable bonds is 5. The summed E-state index contributed by atoms with van der Waals surface area (Å²) in [5.74, 6) is -0.697. The third kappa shape index (κ3) is 5.30. The van der Waals surface area contributed by atoms with Crippen LogP contribution >= 0.6 is 46.4 Å². The van der Waals surface area contributed by atoms with Crippen LogP contribution in [0.2, 0.25) is 20.2 Å². The van der Waals surface area contributed by atoms with E-state index in [-0.39, 0.29) is 37.0 Å². The fraction of sp³-hybridized carbons (Fsp3) is 0.0556. The Morgan fingerprint density at radius 3 is 2.42 bits per heavy atom. The Morgan fingerprint density at radius 2 is 1.74 bits per heavy atom. The van der Waals surface area contributed by atoms with Gasteiger partial charge >= 0.3 is 6.18 Å². The smallest absolute Gasteiger partial charge is 0.299 e. The Labute approximate surface area is 196 Å². The molecule has 31 heavy (non-hydrogen) atoms. The van der Waals surface area contributed by atoms with Gasteiger partial charge in [-0.15, -0.1) is 0 Å². The number of ketones is 1. The lowest BCUT2D eigenvalue weighted by atomic mass is 10.1. The first-order valence-electron chi connectivity index (χ1n) is 8.04. The standard InChI is InChI=1S/C18H8Cl4F3N3O2S/c19-8-5-13(15(27-7-8)16(29)10-3-4-26-17(22)14(10)21)28-31(30)9-1-2-12(20)11(6-9)18(23,24)25/h1-7,28H. The van der Waals surface area contributed by atoms with Crippen molar-refractivity contribution < 1.29 is 22.2 Å². The van der Waals surface area contributed by atoms with Crippen LogP contribution in [0, 0.1) is 0 Å². The molecule has 2 heterocycles. The molecule has 0 saturated heterocycles. The third-order valence-electron chi connectivity index (χ3n) is 3.82. The monoisotopic (exact) mass is 527 g/mol. The Morgan fingerprint density at radius 1 is 1.03 bits per heavy atom. The summed E-state index contributed by atoms with van der Waals surface area (Å²) in [6.07, 6.45) is -2.31. The van der Waals surface area contributed by atoms with E-state index in [2.05, 4.69) is 14.7 Å². The van der Waals surface area contributed by atoms with Crippen molar-refractivity contribution in [2.24, 2.45) is 0 Å². The van der Waals surface area contributed by atoms with Gasteiger partial charge in [0.2, 0.25) is 5.78 Å². The summed E-state index contributed by atoms with van der Waals surface area (Å²) >= 11 is 23.4. The van der Waals surface area contributed by atoms with Crippen molar-refractivity contribution in [3.8, 4) is 0 Å². The Hall–Kier alpha value is -1.91. The molecule has 3 rings (SSSR count). The summed E-state index contributed by atoms with van der Waals surface area (Å²) in [6, 6.07) is 5.32. The lowest BCUT2D eigenvalue weighted by Gasteiger charge is -2.13. The molecule has 5 nitrogen and oxygen atoms in total. The number of halogens is 7. The topological polar surface area (TPSA) is 72.0 Å². The summed E-state index contributed by atoms with van der Waals surface area (Å²) in [5.41, 5.74) is -1.51. The van der Waals surface area contributed by atoms with Crippen LogP contribution in [0.3, 0.4) is 0 Å². The van der Waals surface area contributed by atoms with E-state index in [1.54, 1.807) is 0 Å². The van der Waals surface area contributed by atoms with Crippen LogP contribution in [0.5, 0.6) is 0 Å². The average molecular weight is 529 g/mol. The number of carbonyl (C=O) groups is 1. The van der Waals surface area contributed by atoms with Crippen LogP contribution in [0.15, 0.2) is 47.6 Å². The summed E-state index contributed by atoms with van der Waals surface area (Å²) < 4.78 is 54.4. The van der Waals surface area contributed by atoms with Crippen LogP contribution in [-0.2, 0) is 17.2 Å². The fourth-order valence-corrected chi connectivity index (χ4v) is 4.04. The minimum atomic E-state index is -4.74. The highest BCUT2D eigenvalue weighted by molar-refractivity contribution is 7.86. The molecule has 3 aromatic rings. The fourth-order valence-electron chi connectivity index (χ4n) is 2.41. The van der Waals surface area contributed by atoms with Crippen molar-refractivity contribution in [2.45, 2.75) is 11.1 Å². The Bertz CT molecular complexity index is 1210. The molecule has 2 aromatic heterocycles. The molecule has 0 radical (unpaired) electrons. The Balaban J connectivity index is 1.99. The molecular weight excluding hydrogens is 521 g/mol. The number of aromatic nitrogens is 2. The maximum absolute atomic E-state index is 13.1. The lowest BCUT2D eigenvalue weighted by molar-refractivity contribution is -0.137. The van der Waals surface area contributed by atoms with Crippen molar-refractivity contribution in [1.29, 1.82) is 0 Å². The molecule has 162 valence electrons. The number of benzene rings is 1. The van der Waals surface area contributed by atoms with E-state index in [0.29, 0.717) is 6.07 Å². The second-order valence-electron chi connectivity index (χ2n) is 5.85. The van der Waals surface area contributed by atoms with Crippen LogP contribution in [0.4, 0.5) is 18.9 Å². The zero-order valence-electron chi connectivity index (χ0n) is 14.8. The third-order valence-corrected chi connectivity index (χ3v) is 6.21. The molecule has 0 saturated carbocycles. The van der Waals surface area contributed by atoms with Crippen LogP contribution in [0.25, 0.3) is 0 Å². The number of anilines is 1. The first-order valence-corrected chi connectivity index (χ1v) is 10.7. The number of carbonyl (C=O) groups excluding carboxylic acids is 1. The second-order valence-corrected chi connectivity index (χ2v) is 8.64. The summed E-state index contributed by atoms with van der Waals surface area (Å²) in [4.78, 5) is 20.4. The second kappa shape index (κ2) is 9.30. The molecule has 0 aliphatic heterocycles. The van der Waals surface area contributed by atoms with E-state index in [4.69, 9.17) is 46.4 Å². The lowest BCUT2D eigenvalue weighted by Crippen LogP contribution is -2.14. The largest absolute Gasteiger partial charge is 0.417 e. The summed E-state index contributed by atoms with van der Waals surface area (Å²) in [5, 5.41) is -0.689. The van der Waals surface area contributed by atoms with Gasteiger partial charge in [0.25, 0.3) is 0 Å². The van der Waals surface area contributed by atoms with Crippen molar-refractivity contribution in [1.82, 2.24) is 9.97 Å². The maximum Gasteiger partial charge on any atom is 0.417 e. The minimum absolute atomic E-state index is 0.0313. The van der Waals surface area contributed by atoms with E-state index in [0.717, 1.165) is 12.1 Å². The highest BCUT2D eigenvalue weighted by atomic mass is 35.5. The summed E-state index contributed by atoms with van der Waals surface area (Å²) in [6.45, 7) is 0. The van der Waals surface area contributed by atoms with E-state index in [1.165, 1.54) is 24.5 Å². The molecule has 1 unspecified atom stereocenters. The number of hydrogen-bond acceptors (Lipinski definition) is 4. The number of nitrogens with one attached hydrogen (secondary N) is 1. The van der Waals surface area contributed by atoms with Gasteiger partial charge in [0.05, 0.1) is 31.2 Å². The van der Waals surface area contributed by atoms with Gasteiger partial charge in [-0.2, -0.15) is 13.2 Å². The molecule has 0 aliphatic carbocycles. The van der Waals surface area contributed by atoms with Gasteiger partial charge in [0, 0.05) is 18.0 Å². The number of alkyl halides is 3.